The van der Waals surface area contributed by atoms with Crippen LogP contribution in [0.3, 0.4) is 0 Å². The topological polar surface area (TPSA) is 0 Å². The van der Waals surface area contributed by atoms with Crippen LogP contribution < -0.4 is 24.8 Å². The van der Waals surface area contributed by atoms with Gasteiger partial charge in [0.05, 0.1) is 0 Å². The van der Waals surface area contributed by atoms with Crippen LogP contribution in [0.2, 0.25) is 6.04 Å². The van der Waals surface area contributed by atoms with E-state index in [-0.39, 0.29) is 24.8 Å². The van der Waals surface area contributed by atoms with Crippen LogP contribution in [0, 0.1) is 5.92 Å². The standard InChI is InChI=1S/C20H22ClSi.2ClH.Zr/c1-6-22(21)17-10-15-8-7-9-16(19(15)20(17)22)18-13(4)11(2)12(3)14(18)5;;;/h7-10,13H,6H2,1-5H3;2*1H;/q;;;+2/p-2. The Bertz CT molecular complexity index is 852. The van der Waals surface area contributed by atoms with Gasteiger partial charge >= 0.3 is 161 Å². The molecule has 0 amide bonds. The van der Waals surface area contributed by atoms with E-state index in [1.807, 2.05) is 0 Å². The zero-order chi connectivity index (χ0) is 16.7. The fourth-order valence-electron chi connectivity index (χ4n) is 4.66. The van der Waals surface area contributed by atoms with Gasteiger partial charge in [0.15, 0.2) is 0 Å². The van der Waals surface area contributed by atoms with E-state index in [0.717, 1.165) is 6.04 Å². The van der Waals surface area contributed by atoms with E-state index < -0.39 is 7.38 Å². The van der Waals surface area contributed by atoms with Gasteiger partial charge in [-0.2, -0.15) is 0 Å². The summed E-state index contributed by atoms with van der Waals surface area (Å²) in [6.45, 7) is 11.5. The van der Waals surface area contributed by atoms with Crippen LogP contribution in [0.25, 0.3) is 10.8 Å². The molecule has 3 aliphatic rings. The van der Waals surface area contributed by atoms with Gasteiger partial charge in [0.1, 0.15) is 0 Å². The molecule has 0 nitrogen and oxygen atoms in total. The van der Waals surface area contributed by atoms with Crippen molar-refractivity contribution in [3.63, 3.8) is 0 Å². The van der Waals surface area contributed by atoms with Crippen molar-refractivity contribution in [2.24, 2.45) is 5.92 Å². The summed E-state index contributed by atoms with van der Waals surface area (Å²) in [7, 11) is -1.71. The van der Waals surface area contributed by atoms with Crippen LogP contribution in [0.15, 0.2) is 40.1 Å². The van der Waals surface area contributed by atoms with E-state index in [1.54, 1.807) is 46.2 Å². The molecule has 2 aliphatic carbocycles. The molecule has 0 saturated carbocycles. The van der Waals surface area contributed by atoms with Gasteiger partial charge < -0.3 is 24.8 Å². The third-order valence-electron chi connectivity index (χ3n) is 6.39. The summed E-state index contributed by atoms with van der Waals surface area (Å²) in [6, 6.07) is 8.10. The maximum Gasteiger partial charge on any atom is -1.00 e. The normalized spacial score (nSPS) is 29.4. The number of halogens is 3. The van der Waals surface area contributed by atoms with E-state index in [9.17, 15) is 0 Å². The Hall–Kier alpha value is 0.410. The van der Waals surface area contributed by atoms with Crippen molar-refractivity contribution < 1.29 is 49.5 Å². The SMILES string of the molecule is CC[Si]1(Cl)C2=C1[CH]([Zr+2])c1cccc(C3=C(C)C(C)=C(C)C3C)c12.[Cl-].[Cl-]. The molecule has 3 unspecified atom stereocenters. The third kappa shape index (κ3) is 2.70. The van der Waals surface area contributed by atoms with Crippen molar-refractivity contribution in [3.05, 3.63) is 56.8 Å². The summed E-state index contributed by atoms with van der Waals surface area (Å²) in [5, 5.41) is 3.26. The summed E-state index contributed by atoms with van der Waals surface area (Å²) >= 11 is 8.68. The molecule has 0 spiro atoms. The first kappa shape index (κ1) is 21.7. The fraction of sp³-hybridized carbons (Fsp3) is 0.400. The first-order chi connectivity index (χ1) is 10.8. The van der Waals surface area contributed by atoms with E-state index in [0.29, 0.717) is 9.54 Å². The summed E-state index contributed by atoms with van der Waals surface area (Å²) < 4.78 is 0.629. The number of benzene rings is 1. The average molecular weight is 488 g/mol. The second-order valence-corrected chi connectivity index (χ2v) is 13.9. The van der Waals surface area contributed by atoms with Crippen LogP contribution in [0.1, 0.15) is 54.9 Å². The summed E-state index contributed by atoms with van der Waals surface area (Å²) in [4.78, 5) is 0. The van der Waals surface area contributed by atoms with Crippen molar-refractivity contribution in [1.29, 1.82) is 0 Å². The Balaban J connectivity index is 0.00000113. The van der Waals surface area contributed by atoms with Gasteiger partial charge in [0.25, 0.3) is 0 Å². The predicted octanol–water partition coefficient (Wildman–Crippen LogP) is 0.106. The molecular formula is C20H22Cl3SiZr. The molecule has 131 valence electrons. The number of hydrogen-bond donors (Lipinski definition) is 0. The number of fused-ring (bicyclic) bond motifs is 2. The smallest absolute Gasteiger partial charge is 1.00 e. The average Bonchev–Trinajstić information content (AvgIpc) is 2.96. The van der Waals surface area contributed by atoms with Crippen molar-refractivity contribution in [3.8, 4) is 0 Å². The Kier molecular flexibility index (Phi) is 6.16. The second-order valence-electron chi connectivity index (χ2n) is 7.21. The zero-order valence-electron chi connectivity index (χ0n) is 15.2. The molecule has 0 aromatic heterocycles. The quantitative estimate of drug-likeness (QED) is 0.410. The third-order valence-corrected chi connectivity index (χ3v) is 14.0. The van der Waals surface area contributed by atoms with Crippen molar-refractivity contribution >= 4 is 29.2 Å². The van der Waals surface area contributed by atoms with Crippen LogP contribution >= 0.6 is 11.1 Å². The van der Waals surface area contributed by atoms with Crippen LogP contribution in [0.5, 0.6) is 0 Å². The van der Waals surface area contributed by atoms with Crippen LogP contribution in [-0.4, -0.2) is 7.38 Å². The largest absolute Gasteiger partial charge is 1.00 e. The molecule has 5 heteroatoms. The summed E-state index contributed by atoms with van der Waals surface area (Å²) in [5.41, 5.74) is 10.6. The second kappa shape index (κ2) is 7.10. The zero-order valence-corrected chi connectivity index (χ0v) is 21.0. The minimum absolute atomic E-state index is 0. The number of hydrogen-bond acceptors (Lipinski definition) is 0. The molecule has 1 aromatic carbocycles. The van der Waals surface area contributed by atoms with Crippen LogP contribution in [0.4, 0.5) is 0 Å². The molecule has 25 heavy (non-hydrogen) atoms. The number of rotatable bonds is 2. The minimum Gasteiger partial charge on any atom is -1.00 e. The van der Waals surface area contributed by atoms with E-state index in [1.165, 1.54) is 27.8 Å². The molecule has 3 atom stereocenters. The van der Waals surface area contributed by atoms with Crippen LogP contribution in [-0.2, 0) is 24.7 Å². The first-order valence-corrected chi connectivity index (χ1v) is 13.2. The van der Waals surface area contributed by atoms with Gasteiger partial charge in [-0.25, -0.2) is 0 Å². The van der Waals surface area contributed by atoms with Crippen molar-refractivity contribution in [2.75, 3.05) is 0 Å². The van der Waals surface area contributed by atoms with E-state index in [4.69, 9.17) is 11.1 Å². The van der Waals surface area contributed by atoms with Gasteiger partial charge in [0, 0.05) is 0 Å². The molecule has 1 aromatic rings. The summed E-state index contributed by atoms with van der Waals surface area (Å²) in [6.07, 6.45) is 0. The molecule has 0 N–H and O–H groups in total. The van der Waals surface area contributed by atoms with Gasteiger partial charge in [-0.05, 0) is 0 Å². The first-order valence-electron chi connectivity index (χ1n) is 8.51. The maximum absolute atomic E-state index is 7.08. The molecule has 4 rings (SSSR count). The van der Waals surface area contributed by atoms with Crippen molar-refractivity contribution in [2.45, 2.75) is 44.3 Å². The maximum atomic E-state index is 7.08. The van der Waals surface area contributed by atoms with Gasteiger partial charge in [0.2, 0.25) is 0 Å². The Labute approximate surface area is 184 Å². The molecule has 0 saturated heterocycles. The molecule has 1 aliphatic heterocycles. The van der Waals surface area contributed by atoms with Gasteiger partial charge in [-0.1, -0.05) is 0 Å². The van der Waals surface area contributed by atoms with E-state index >= 15 is 0 Å². The summed E-state index contributed by atoms with van der Waals surface area (Å²) in [5.74, 6) is 0.529. The Morgan fingerprint density at radius 2 is 1.76 bits per heavy atom. The fourth-order valence-corrected chi connectivity index (χ4v) is 13.1. The van der Waals surface area contributed by atoms with Gasteiger partial charge in [-0.3, -0.25) is 0 Å². The van der Waals surface area contributed by atoms with Gasteiger partial charge in [-0.15, -0.1) is 0 Å². The molecular weight excluding hydrogens is 466 g/mol. The number of allylic oxidation sites excluding steroid dienone is 5. The van der Waals surface area contributed by atoms with Crippen molar-refractivity contribution in [1.82, 2.24) is 0 Å². The molecule has 1 heterocycles. The predicted molar refractivity (Wildman–Crippen MR) is 98.3 cm³/mol. The molecule has 0 fully saturated rings. The monoisotopic (exact) mass is 485 g/mol. The Morgan fingerprint density at radius 3 is 2.28 bits per heavy atom. The van der Waals surface area contributed by atoms with E-state index in [2.05, 4.69) is 52.8 Å². The molecule has 0 bridgehead atoms. The Morgan fingerprint density at radius 1 is 1.12 bits per heavy atom. The minimum atomic E-state index is -1.71. The molecule has 0 radical (unpaired) electrons.